The van der Waals surface area contributed by atoms with Gasteiger partial charge in [0, 0.05) is 11.8 Å². The number of benzene rings is 1. The zero-order chi connectivity index (χ0) is 14.8. The van der Waals surface area contributed by atoms with Crippen LogP contribution in [0.15, 0.2) is 18.2 Å². The second-order valence-corrected chi connectivity index (χ2v) is 5.70. The van der Waals surface area contributed by atoms with Crippen LogP contribution >= 0.6 is 0 Å². The standard InChI is InChI=1S/C14H19FN2O3/c1-10-2-4-14(9-18,5-3-10)16-12-6-11(15)7-13(8-12)17(19)20/h6-8,10,16,18H,2-5,9H2,1H3. The summed E-state index contributed by atoms with van der Waals surface area (Å²) in [7, 11) is 0. The maximum Gasteiger partial charge on any atom is 0.274 e. The van der Waals surface area contributed by atoms with Gasteiger partial charge >= 0.3 is 0 Å². The van der Waals surface area contributed by atoms with E-state index in [1.165, 1.54) is 12.1 Å². The first kappa shape index (κ1) is 14.7. The molecule has 1 aromatic carbocycles. The van der Waals surface area contributed by atoms with E-state index in [-0.39, 0.29) is 12.3 Å². The Labute approximate surface area is 117 Å². The van der Waals surface area contributed by atoms with Crippen LogP contribution in [0, 0.1) is 21.8 Å². The molecule has 1 aliphatic rings. The fraction of sp³-hybridized carbons (Fsp3) is 0.571. The molecule has 1 saturated carbocycles. The number of halogens is 1. The number of hydrogen-bond acceptors (Lipinski definition) is 4. The lowest BCUT2D eigenvalue weighted by Gasteiger charge is -2.39. The van der Waals surface area contributed by atoms with E-state index in [1.807, 2.05) is 0 Å². The van der Waals surface area contributed by atoms with Gasteiger partial charge in [0.05, 0.1) is 23.1 Å². The highest BCUT2D eigenvalue weighted by Crippen LogP contribution is 2.35. The van der Waals surface area contributed by atoms with E-state index in [0.29, 0.717) is 11.6 Å². The molecule has 2 N–H and O–H groups in total. The second kappa shape index (κ2) is 5.75. The molecule has 0 saturated heterocycles. The van der Waals surface area contributed by atoms with Crippen molar-refractivity contribution in [2.45, 2.75) is 38.1 Å². The fourth-order valence-electron chi connectivity index (χ4n) is 2.70. The van der Waals surface area contributed by atoms with Crippen molar-refractivity contribution in [3.63, 3.8) is 0 Å². The largest absolute Gasteiger partial charge is 0.394 e. The van der Waals surface area contributed by atoms with E-state index >= 15 is 0 Å². The molecule has 0 atom stereocenters. The minimum atomic E-state index is -0.654. The minimum Gasteiger partial charge on any atom is -0.394 e. The zero-order valence-electron chi connectivity index (χ0n) is 11.4. The number of anilines is 1. The molecular weight excluding hydrogens is 263 g/mol. The first-order chi connectivity index (χ1) is 9.44. The van der Waals surface area contributed by atoms with Crippen LogP contribution < -0.4 is 5.32 Å². The molecule has 0 spiro atoms. The highest BCUT2D eigenvalue weighted by Gasteiger charge is 2.33. The summed E-state index contributed by atoms with van der Waals surface area (Å²) >= 11 is 0. The van der Waals surface area contributed by atoms with Gasteiger partial charge in [-0.2, -0.15) is 0 Å². The predicted octanol–water partition coefficient (Wildman–Crippen LogP) is 3.09. The molecule has 1 fully saturated rings. The summed E-state index contributed by atoms with van der Waals surface area (Å²) in [5, 5.41) is 23.5. The Bertz CT molecular complexity index is 499. The van der Waals surface area contributed by atoms with Gasteiger partial charge in [-0.15, -0.1) is 0 Å². The summed E-state index contributed by atoms with van der Waals surface area (Å²) < 4.78 is 13.4. The maximum atomic E-state index is 13.4. The molecule has 5 nitrogen and oxygen atoms in total. The van der Waals surface area contributed by atoms with Crippen molar-refractivity contribution in [1.29, 1.82) is 0 Å². The Morgan fingerprint density at radius 1 is 1.45 bits per heavy atom. The number of non-ortho nitro benzene ring substituents is 1. The van der Waals surface area contributed by atoms with Crippen LogP contribution in [0.1, 0.15) is 32.6 Å². The number of nitro groups is 1. The maximum absolute atomic E-state index is 13.4. The molecule has 1 aromatic rings. The molecular formula is C14H19FN2O3. The number of hydrogen-bond donors (Lipinski definition) is 2. The van der Waals surface area contributed by atoms with Crippen molar-refractivity contribution in [2.75, 3.05) is 11.9 Å². The van der Waals surface area contributed by atoms with Gasteiger partial charge in [0.15, 0.2) is 0 Å². The van der Waals surface area contributed by atoms with E-state index in [2.05, 4.69) is 12.2 Å². The van der Waals surface area contributed by atoms with Crippen LogP contribution in [0.5, 0.6) is 0 Å². The quantitative estimate of drug-likeness (QED) is 0.657. The van der Waals surface area contributed by atoms with Crippen LogP contribution in [0.25, 0.3) is 0 Å². The second-order valence-electron chi connectivity index (χ2n) is 5.70. The Hall–Kier alpha value is -1.69. The van der Waals surface area contributed by atoms with E-state index < -0.39 is 16.3 Å². The SMILES string of the molecule is CC1CCC(CO)(Nc2cc(F)cc([N+](=O)[O-])c2)CC1. The monoisotopic (exact) mass is 282 g/mol. The molecule has 0 radical (unpaired) electrons. The topological polar surface area (TPSA) is 75.4 Å². The average molecular weight is 282 g/mol. The van der Waals surface area contributed by atoms with Gasteiger partial charge in [0.1, 0.15) is 5.82 Å². The molecule has 110 valence electrons. The lowest BCUT2D eigenvalue weighted by atomic mass is 9.77. The molecule has 0 bridgehead atoms. The van der Waals surface area contributed by atoms with Gasteiger partial charge in [0.25, 0.3) is 5.69 Å². The summed E-state index contributed by atoms with van der Waals surface area (Å²) in [5.41, 5.74) is -0.446. The number of nitro benzene ring substituents is 1. The van der Waals surface area contributed by atoms with Gasteiger partial charge in [-0.25, -0.2) is 4.39 Å². The first-order valence-electron chi connectivity index (χ1n) is 6.78. The van der Waals surface area contributed by atoms with Gasteiger partial charge < -0.3 is 10.4 Å². The summed E-state index contributed by atoms with van der Waals surface area (Å²) in [5.74, 6) is -0.0442. The highest BCUT2D eigenvalue weighted by atomic mass is 19.1. The van der Waals surface area contributed by atoms with Gasteiger partial charge in [-0.05, 0) is 37.7 Å². The van der Waals surface area contributed by atoms with Crippen LogP contribution in [0.2, 0.25) is 0 Å². The normalized spacial score (nSPS) is 26.2. The van der Waals surface area contributed by atoms with Gasteiger partial charge in [-0.1, -0.05) is 6.92 Å². The molecule has 0 amide bonds. The van der Waals surface area contributed by atoms with Crippen molar-refractivity contribution >= 4 is 11.4 Å². The van der Waals surface area contributed by atoms with Crippen LogP contribution in [-0.2, 0) is 0 Å². The lowest BCUT2D eigenvalue weighted by Crippen LogP contribution is -2.45. The molecule has 20 heavy (non-hydrogen) atoms. The van der Waals surface area contributed by atoms with Crippen LogP contribution in [0.4, 0.5) is 15.8 Å². The van der Waals surface area contributed by atoms with Gasteiger partial charge in [0.2, 0.25) is 0 Å². The Balaban J connectivity index is 2.21. The Morgan fingerprint density at radius 2 is 2.10 bits per heavy atom. The van der Waals surface area contributed by atoms with Crippen LogP contribution in [0.3, 0.4) is 0 Å². The average Bonchev–Trinajstić information content (AvgIpc) is 2.41. The number of aliphatic hydroxyl groups is 1. The number of aliphatic hydroxyl groups excluding tert-OH is 1. The molecule has 0 unspecified atom stereocenters. The summed E-state index contributed by atoms with van der Waals surface area (Å²) in [4.78, 5) is 10.1. The summed E-state index contributed by atoms with van der Waals surface area (Å²) in [6, 6.07) is 3.42. The first-order valence-corrected chi connectivity index (χ1v) is 6.78. The molecule has 0 aliphatic heterocycles. The third-order valence-electron chi connectivity index (χ3n) is 4.04. The Morgan fingerprint density at radius 3 is 2.65 bits per heavy atom. The van der Waals surface area contributed by atoms with E-state index in [4.69, 9.17) is 0 Å². The van der Waals surface area contributed by atoms with Crippen LogP contribution in [-0.4, -0.2) is 22.2 Å². The Kier molecular flexibility index (Phi) is 4.23. The van der Waals surface area contributed by atoms with E-state index in [0.717, 1.165) is 31.7 Å². The highest BCUT2D eigenvalue weighted by molar-refractivity contribution is 5.53. The van der Waals surface area contributed by atoms with Crippen molar-refractivity contribution < 1.29 is 14.4 Å². The predicted molar refractivity (Wildman–Crippen MR) is 74.1 cm³/mol. The summed E-state index contributed by atoms with van der Waals surface area (Å²) in [6.45, 7) is 2.10. The third kappa shape index (κ3) is 3.25. The molecule has 2 rings (SSSR count). The van der Waals surface area contributed by atoms with Crippen molar-refractivity contribution in [3.8, 4) is 0 Å². The van der Waals surface area contributed by atoms with Crippen molar-refractivity contribution in [3.05, 3.63) is 34.1 Å². The molecule has 0 heterocycles. The third-order valence-corrected chi connectivity index (χ3v) is 4.04. The summed E-state index contributed by atoms with van der Waals surface area (Å²) in [6.07, 6.45) is 3.50. The molecule has 0 aromatic heterocycles. The number of nitrogens with one attached hydrogen (secondary N) is 1. The number of nitrogens with zero attached hydrogens (tertiary/aromatic N) is 1. The fourth-order valence-corrected chi connectivity index (χ4v) is 2.70. The van der Waals surface area contributed by atoms with Gasteiger partial charge in [-0.3, -0.25) is 10.1 Å². The van der Waals surface area contributed by atoms with E-state index in [9.17, 15) is 19.6 Å². The molecule has 6 heteroatoms. The minimum absolute atomic E-state index is 0.0654. The smallest absolute Gasteiger partial charge is 0.274 e. The number of rotatable bonds is 4. The lowest BCUT2D eigenvalue weighted by molar-refractivity contribution is -0.385. The van der Waals surface area contributed by atoms with Crippen molar-refractivity contribution in [1.82, 2.24) is 0 Å². The molecule has 1 aliphatic carbocycles. The van der Waals surface area contributed by atoms with Crippen molar-refractivity contribution in [2.24, 2.45) is 5.92 Å². The zero-order valence-corrected chi connectivity index (χ0v) is 11.4. The van der Waals surface area contributed by atoms with E-state index in [1.54, 1.807) is 0 Å².